The summed E-state index contributed by atoms with van der Waals surface area (Å²) in [4.78, 5) is 0. The third-order valence-electron chi connectivity index (χ3n) is 1.84. The molecule has 10 heavy (non-hydrogen) atoms. The number of rotatable bonds is 0. The Kier molecular flexibility index (Phi) is 4.00. The maximum atomic E-state index is 3.57. The maximum Gasteiger partial charge on any atom is 0.00518 e. The Morgan fingerprint density at radius 3 is 1.50 bits per heavy atom. The highest BCUT2D eigenvalue weighted by atomic mass is 79.9. The quantitative estimate of drug-likeness (QED) is 0.613. The van der Waals surface area contributed by atoms with Crippen molar-refractivity contribution in [3.63, 3.8) is 0 Å². The van der Waals surface area contributed by atoms with Crippen molar-refractivity contribution in [1.29, 1.82) is 0 Å². The third-order valence-corrected chi connectivity index (χ3v) is 4.12. The molecular formula is C8H12Br2. The zero-order chi connectivity index (χ0) is 7.40. The molecule has 0 amide bonds. The highest BCUT2D eigenvalue weighted by Gasteiger charge is 2.04. The Hall–Kier alpha value is 0.700. The van der Waals surface area contributed by atoms with Crippen LogP contribution in [-0.4, -0.2) is 0 Å². The van der Waals surface area contributed by atoms with Crippen molar-refractivity contribution in [2.75, 3.05) is 0 Å². The van der Waals surface area contributed by atoms with Gasteiger partial charge >= 0.3 is 0 Å². The van der Waals surface area contributed by atoms with Crippen LogP contribution in [0, 0.1) is 0 Å². The largest absolute Gasteiger partial charge is 0.0548 e. The van der Waals surface area contributed by atoms with Gasteiger partial charge in [0.05, 0.1) is 0 Å². The Bertz CT molecular complexity index is 122. The van der Waals surface area contributed by atoms with Crippen molar-refractivity contribution in [2.24, 2.45) is 0 Å². The van der Waals surface area contributed by atoms with E-state index in [2.05, 4.69) is 31.9 Å². The zero-order valence-electron chi connectivity index (χ0n) is 6.00. The highest BCUT2D eigenvalue weighted by Crippen LogP contribution is 2.30. The van der Waals surface area contributed by atoms with Crippen molar-refractivity contribution in [3.8, 4) is 0 Å². The molecule has 1 rings (SSSR count). The first kappa shape index (κ1) is 8.79. The average Bonchev–Trinajstić information content (AvgIpc) is 1.92. The molecule has 0 atom stereocenters. The monoisotopic (exact) mass is 266 g/mol. The summed E-state index contributed by atoms with van der Waals surface area (Å²) < 4.78 is 2.76. The molecule has 0 N–H and O–H groups in total. The zero-order valence-corrected chi connectivity index (χ0v) is 9.17. The van der Waals surface area contributed by atoms with Gasteiger partial charge in [-0.2, -0.15) is 0 Å². The summed E-state index contributed by atoms with van der Waals surface area (Å²) in [6, 6.07) is 0. The van der Waals surface area contributed by atoms with Gasteiger partial charge in [0, 0.05) is 8.96 Å². The number of hydrogen-bond donors (Lipinski definition) is 0. The molecule has 1 aliphatic carbocycles. The van der Waals surface area contributed by atoms with Crippen LogP contribution >= 0.6 is 31.9 Å². The molecule has 0 spiro atoms. The minimum atomic E-state index is 1.22. The third kappa shape index (κ3) is 2.75. The lowest BCUT2D eigenvalue weighted by molar-refractivity contribution is 0.633. The van der Waals surface area contributed by atoms with Crippen molar-refractivity contribution in [3.05, 3.63) is 8.96 Å². The molecule has 58 valence electrons. The Balaban J connectivity index is 2.51. The van der Waals surface area contributed by atoms with Gasteiger partial charge in [-0.15, -0.1) is 0 Å². The van der Waals surface area contributed by atoms with Crippen molar-refractivity contribution >= 4 is 31.9 Å². The van der Waals surface area contributed by atoms with Gasteiger partial charge in [-0.1, -0.05) is 44.7 Å². The Labute approximate surface area is 79.3 Å². The average molecular weight is 268 g/mol. The minimum absolute atomic E-state index is 1.22. The van der Waals surface area contributed by atoms with E-state index in [1.807, 2.05) is 0 Å². The fraction of sp³-hybridized carbons (Fsp3) is 0.750. The summed E-state index contributed by atoms with van der Waals surface area (Å²) in [5, 5.41) is 0. The van der Waals surface area contributed by atoms with Crippen LogP contribution in [0.2, 0.25) is 0 Å². The molecule has 0 aromatic carbocycles. The van der Waals surface area contributed by atoms with Crippen molar-refractivity contribution < 1.29 is 0 Å². The fourth-order valence-electron chi connectivity index (χ4n) is 1.19. The van der Waals surface area contributed by atoms with Gasteiger partial charge in [-0.05, 0) is 25.7 Å². The van der Waals surface area contributed by atoms with E-state index in [4.69, 9.17) is 0 Å². The van der Waals surface area contributed by atoms with Crippen molar-refractivity contribution in [2.45, 2.75) is 38.5 Å². The van der Waals surface area contributed by atoms with Gasteiger partial charge in [0.2, 0.25) is 0 Å². The van der Waals surface area contributed by atoms with E-state index >= 15 is 0 Å². The smallest absolute Gasteiger partial charge is 0.00518 e. The first-order valence-corrected chi connectivity index (χ1v) is 5.42. The minimum Gasteiger partial charge on any atom is -0.0548 e. The molecule has 0 aliphatic heterocycles. The molecule has 0 fully saturated rings. The van der Waals surface area contributed by atoms with Gasteiger partial charge in [0.15, 0.2) is 0 Å². The summed E-state index contributed by atoms with van der Waals surface area (Å²) >= 11 is 7.14. The second-order valence-electron chi connectivity index (χ2n) is 2.72. The van der Waals surface area contributed by atoms with Gasteiger partial charge in [-0.25, -0.2) is 0 Å². The first-order chi connectivity index (χ1) is 4.80. The second kappa shape index (κ2) is 4.55. The van der Waals surface area contributed by atoms with Gasteiger partial charge < -0.3 is 0 Å². The molecule has 0 bridgehead atoms. The molecule has 0 saturated carbocycles. The molecule has 0 radical (unpaired) electrons. The van der Waals surface area contributed by atoms with E-state index in [0.29, 0.717) is 0 Å². The van der Waals surface area contributed by atoms with Crippen LogP contribution in [0.25, 0.3) is 0 Å². The van der Waals surface area contributed by atoms with Crippen LogP contribution in [0.4, 0.5) is 0 Å². The molecule has 0 aromatic rings. The van der Waals surface area contributed by atoms with Gasteiger partial charge in [0.25, 0.3) is 0 Å². The molecule has 0 unspecified atom stereocenters. The summed E-state index contributed by atoms with van der Waals surface area (Å²) in [6.45, 7) is 0. The van der Waals surface area contributed by atoms with Crippen molar-refractivity contribution in [1.82, 2.24) is 0 Å². The molecule has 0 heterocycles. The van der Waals surface area contributed by atoms with E-state index < -0.39 is 0 Å². The number of hydrogen-bond acceptors (Lipinski definition) is 0. The molecular weight excluding hydrogens is 256 g/mol. The Morgan fingerprint density at radius 1 is 0.700 bits per heavy atom. The summed E-state index contributed by atoms with van der Waals surface area (Å²) in [6.07, 6.45) is 7.93. The van der Waals surface area contributed by atoms with Crippen LogP contribution in [0.1, 0.15) is 38.5 Å². The lowest BCUT2D eigenvalue weighted by Crippen LogP contribution is -1.87. The normalized spacial score (nSPS) is 22.2. The summed E-state index contributed by atoms with van der Waals surface area (Å²) in [5.74, 6) is 0. The molecule has 2 heteroatoms. The second-order valence-corrected chi connectivity index (χ2v) is 4.64. The van der Waals surface area contributed by atoms with E-state index in [1.165, 1.54) is 47.5 Å². The molecule has 0 nitrogen and oxygen atoms in total. The maximum absolute atomic E-state index is 3.57. The van der Waals surface area contributed by atoms with Gasteiger partial charge in [-0.3, -0.25) is 0 Å². The molecule has 0 saturated heterocycles. The summed E-state index contributed by atoms with van der Waals surface area (Å²) in [7, 11) is 0. The van der Waals surface area contributed by atoms with Crippen LogP contribution in [0.15, 0.2) is 8.96 Å². The van der Waals surface area contributed by atoms with Crippen LogP contribution in [0.3, 0.4) is 0 Å². The van der Waals surface area contributed by atoms with Crippen LogP contribution < -0.4 is 0 Å². The predicted octanol–water partition coefficient (Wildman–Crippen LogP) is 4.34. The van der Waals surface area contributed by atoms with E-state index in [-0.39, 0.29) is 0 Å². The molecule has 1 aliphatic rings. The number of halogens is 2. The van der Waals surface area contributed by atoms with E-state index in [1.54, 1.807) is 0 Å². The highest BCUT2D eigenvalue weighted by molar-refractivity contribution is 9.14. The lowest BCUT2D eigenvalue weighted by atomic mass is 10.1. The first-order valence-electron chi connectivity index (χ1n) is 3.84. The SMILES string of the molecule is BrC1=C(Br)CCCCCC1. The standard InChI is InChI=1S/C8H12Br2/c9-7-5-3-1-2-4-6-8(7)10/h1-6H2. The fourth-order valence-corrected chi connectivity index (χ4v) is 2.14. The lowest BCUT2D eigenvalue weighted by Gasteiger charge is -2.08. The van der Waals surface area contributed by atoms with Crippen LogP contribution in [0.5, 0.6) is 0 Å². The van der Waals surface area contributed by atoms with E-state index in [0.717, 1.165) is 0 Å². The predicted molar refractivity (Wildman–Crippen MR) is 52.6 cm³/mol. The molecule has 0 aromatic heterocycles. The Morgan fingerprint density at radius 2 is 1.10 bits per heavy atom. The number of allylic oxidation sites excluding steroid dienone is 2. The van der Waals surface area contributed by atoms with Crippen LogP contribution in [-0.2, 0) is 0 Å². The topological polar surface area (TPSA) is 0 Å². The summed E-state index contributed by atoms with van der Waals surface area (Å²) in [5.41, 5.74) is 0. The van der Waals surface area contributed by atoms with Gasteiger partial charge in [0.1, 0.15) is 0 Å². The van der Waals surface area contributed by atoms with E-state index in [9.17, 15) is 0 Å².